The third-order valence-corrected chi connectivity index (χ3v) is 3.91. The van der Waals surface area contributed by atoms with Crippen LogP contribution in [0.2, 0.25) is 0 Å². The fraction of sp³-hybridized carbons (Fsp3) is 0.150. The van der Waals surface area contributed by atoms with Gasteiger partial charge in [0, 0.05) is 5.69 Å². The van der Waals surface area contributed by atoms with Gasteiger partial charge in [-0.15, -0.1) is 0 Å². The largest absolute Gasteiger partial charge is 0.468 e. The summed E-state index contributed by atoms with van der Waals surface area (Å²) in [6.45, 7) is 0.294. The van der Waals surface area contributed by atoms with Gasteiger partial charge < -0.3 is 9.73 Å². The quantitative estimate of drug-likeness (QED) is 0.654. The number of furan rings is 1. The number of alkyl halides is 3. The molecule has 0 radical (unpaired) electrons. The zero-order valence-corrected chi connectivity index (χ0v) is 14.2. The number of rotatable bonds is 6. The summed E-state index contributed by atoms with van der Waals surface area (Å²) < 4.78 is 43.9. The van der Waals surface area contributed by atoms with Crippen LogP contribution in [0.1, 0.15) is 22.9 Å². The molecule has 2 N–H and O–H groups in total. The smallest absolute Gasteiger partial charge is 0.416 e. The van der Waals surface area contributed by atoms with E-state index in [1.165, 1.54) is 18.4 Å². The molecule has 0 fully saturated rings. The van der Waals surface area contributed by atoms with Crippen molar-refractivity contribution in [1.82, 2.24) is 5.32 Å². The van der Waals surface area contributed by atoms with Gasteiger partial charge in [-0.3, -0.25) is 10.1 Å². The minimum absolute atomic E-state index is 0.0792. The number of hydrogen-bond acceptors (Lipinski definition) is 3. The van der Waals surface area contributed by atoms with Gasteiger partial charge in [-0.25, -0.2) is 0 Å². The van der Waals surface area contributed by atoms with Crippen LogP contribution in [-0.4, -0.2) is 5.91 Å². The molecule has 3 rings (SSSR count). The summed E-state index contributed by atoms with van der Waals surface area (Å²) in [6, 6.07) is 16.2. The first-order valence-electron chi connectivity index (χ1n) is 8.22. The summed E-state index contributed by atoms with van der Waals surface area (Å²) in [5.41, 5.74) is -0.0517. The average Bonchev–Trinajstić information content (AvgIpc) is 3.16. The Morgan fingerprint density at radius 3 is 2.44 bits per heavy atom. The molecule has 7 heteroatoms. The lowest BCUT2D eigenvalue weighted by atomic mass is 10.1. The predicted molar refractivity (Wildman–Crippen MR) is 94.8 cm³/mol. The summed E-state index contributed by atoms with van der Waals surface area (Å²) in [6.07, 6.45) is -2.95. The molecule has 27 heavy (non-hydrogen) atoms. The van der Waals surface area contributed by atoms with Crippen LogP contribution in [0.25, 0.3) is 0 Å². The summed E-state index contributed by atoms with van der Waals surface area (Å²) in [5, 5.41) is 5.63. The number of carbonyl (C=O) groups excluding carboxylic acids is 1. The predicted octanol–water partition coefficient (Wildman–Crippen LogP) is 4.77. The molecule has 1 amide bonds. The first-order valence-corrected chi connectivity index (χ1v) is 8.22. The van der Waals surface area contributed by atoms with Gasteiger partial charge in [-0.05, 0) is 35.9 Å². The topological polar surface area (TPSA) is 54.3 Å². The summed E-state index contributed by atoms with van der Waals surface area (Å²) in [7, 11) is 0. The number of nitrogens with one attached hydrogen (secondary N) is 2. The van der Waals surface area contributed by atoms with Gasteiger partial charge in [-0.2, -0.15) is 13.2 Å². The number of carbonyl (C=O) groups is 1. The van der Waals surface area contributed by atoms with Gasteiger partial charge in [0.15, 0.2) is 0 Å². The second kappa shape index (κ2) is 8.09. The number of anilines is 1. The molecule has 1 atom stereocenters. The van der Waals surface area contributed by atoms with E-state index in [-0.39, 0.29) is 5.69 Å². The lowest BCUT2D eigenvalue weighted by Crippen LogP contribution is -2.32. The van der Waals surface area contributed by atoms with Crippen molar-refractivity contribution in [3.63, 3.8) is 0 Å². The van der Waals surface area contributed by atoms with E-state index in [2.05, 4.69) is 10.6 Å². The van der Waals surface area contributed by atoms with Gasteiger partial charge in [0.05, 0.1) is 18.4 Å². The molecule has 0 saturated heterocycles. The molecule has 0 bridgehead atoms. The van der Waals surface area contributed by atoms with Crippen LogP contribution in [0.5, 0.6) is 0 Å². The lowest BCUT2D eigenvalue weighted by molar-refractivity contribution is -0.137. The molecule has 0 aliphatic rings. The van der Waals surface area contributed by atoms with Crippen molar-refractivity contribution in [2.45, 2.75) is 18.8 Å². The monoisotopic (exact) mass is 374 g/mol. The van der Waals surface area contributed by atoms with Crippen molar-refractivity contribution in [1.29, 1.82) is 0 Å². The number of hydrogen-bond donors (Lipinski definition) is 2. The molecule has 140 valence electrons. The minimum Gasteiger partial charge on any atom is -0.468 e. The van der Waals surface area contributed by atoms with Crippen molar-refractivity contribution >= 4 is 11.6 Å². The third-order valence-electron chi connectivity index (χ3n) is 3.91. The van der Waals surface area contributed by atoms with Crippen LogP contribution < -0.4 is 10.6 Å². The van der Waals surface area contributed by atoms with Gasteiger partial charge in [0.2, 0.25) is 5.91 Å². The molecule has 0 unspecified atom stereocenters. The fourth-order valence-corrected chi connectivity index (χ4v) is 2.61. The molecule has 4 nitrogen and oxygen atoms in total. The Kier molecular flexibility index (Phi) is 5.61. The summed E-state index contributed by atoms with van der Waals surface area (Å²) in [5.74, 6) is 0.176. The zero-order chi connectivity index (χ0) is 19.3. The highest BCUT2D eigenvalue weighted by Crippen LogP contribution is 2.31. The molecule has 2 aromatic carbocycles. The molecular formula is C20H17F3N2O2. The lowest BCUT2D eigenvalue weighted by Gasteiger charge is -2.19. The minimum atomic E-state index is -4.48. The highest BCUT2D eigenvalue weighted by Gasteiger charge is 2.30. The molecule has 1 aromatic heterocycles. The maximum absolute atomic E-state index is 12.9. The summed E-state index contributed by atoms with van der Waals surface area (Å²) >= 11 is 0. The molecule has 1 heterocycles. The Morgan fingerprint density at radius 2 is 1.78 bits per heavy atom. The van der Waals surface area contributed by atoms with Crippen LogP contribution in [0, 0.1) is 0 Å². The Hall–Kier alpha value is -3.06. The van der Waals surface area contributed by atoms with E-state index in [0.29, 0.717) is 17.9 Å². The van der Waals surface area contributed by atoms with E-state index in [0.717, 1.165) is 12.1 Å². The standard InChI is InChI=1S/C20H17F3N2O2/c21-20(22,23)15-8-4-9-16(12-15)25-19(26)18(14-6-2-1-3-7-14)24-13-17-10-5-11-27-17/h1-12,18,24H,13H2,(H,25,26)/t18-/m0/s1. The molecule has 0 aliphatic heterocycles. The maximum Gasteiger partial charge on any atom is 0.416 e. The van der Waals surface area contributed by atoms with Crippen LogP contribution in [0.4, 0.5) is 18.9 Å². The van der Waals surface area contributed by atoms with Crippen molar-refractivity contribution in [2.75, 3.05) is 5.32 Å². The van der Waals surface area contributed by atoms with Crippen molar-refractivity contribution < 1.29 is 22.4 Å². The Labute approximate surface area is 154 Å². The molecule has 3 aromatic rings. The number of halogens is 3. The van der Waals surface area contributed by atoms with Crippen LogP contribution in [0.15, 0.2) is 77.4 Å². The molecule has 0 spiro atoms. The van der Waals surface area contributed by atoms with Crippen LogP contribution >= 0.6 is 0 Å². The van der Waals surface area contributed by atoms with Crippen LogP contribution in [0.3, 0.4) is 0 Å². The second-order valence-electron chi connectivity index (χ2n) is 5.87. The van der Waals surface area contributed by atoms with Crippen molar-refractivity contribution in [3.05, 3.63) is 89.9 Å². The van der Waals surface area contributed by atoms with E-state index in [1.807, 2.05) is 6.07 Å². The van der Waals surface area contributed by atoms with Gasteiger partial charge in [-0.1, -0.05) is 36.4 Å². The molecular weight excluding hydrogens is 357 g/mol. The maximum atomic E-state index is 12.9. The fourth-order valence-electron chi connectivity index (χ4n) is 2.61. The highest BCUT2D eigenvalue weighted by atomic mass is 19.4. The van der Waals surface area contributed by atoms with E-state index < -0.39 is 23.7 Å². The van der Waals surface area contributed by atoms with E-state index in [4.69, 9.17) is 4.42 Å². The van der Waals surface area contributed by atoms with E-state index in [1.54, 1.807) is 36.4 Å². The Morgan fingerprint density at radius 1 is 1.00 bits per heavy atom. The van der Waals surface area contributed by atoms with Gasteiger partial charge in [0.1, 0.15) is 11.8 Å². The Bertz CT molecular complexity index is 878. The normalized spacial score (nSPS) is 12.6. The van der Waals surface area contributed by atoms with Crippen molar-refractivity contribution in [3.8, 4) is 0 Å². The second-order valence-corrected chi connectivity index (χ2v) is 5.87. The third kappa shape index (κ3) is 4.98. The van der Waals surface area contributed by atoms with E-state index >= 15 is 0 Å². The average molecular weight is 374 g/mol. The highest BCUT2D eigenvalue weighted by molar-refractivity contribution is 5.95. The first kappa shape index (κ1) is 18.7. The number of amides is 1. The van der Waals surface area contributed by atoms with Gasteiger partial charge >= 0.3 is 6.18 Å². The Balaban J connectivity index is 1.78. The molecule has 0 aliphatic carbocycles. The number of benzene rings is 2. The summed E-state index contributed by atoms with van der Waals surface area (Å²) in [4.78, 5) is 12.7. The van der Waals surface area contributed by atoms with E-state index in [9.17, 15) is 18.0 Å². The zero-order valence-electron chi connectivity index (χ0n) is 14.2. The SMILES string of the molecule is O=C(Nc1cccc(C(F)(F)F)c1)[C@@H](NCc1ccco1)c1ccccc1. The van der Waals surface area contributed by atoms with Crippen LogP contribution in [-0.2, 0) is 17.5 Å². The molecule has 0 saturated carbocycles. The van der Waals surface area contributed by atoms with Gasteiger partial charge in [0.25, 0.3) is 0 Å². The van der Waals surface area contributed by atoms with Crippen molar-refractivity contribution in [2.24, 2.45) is 0 Å². The first-order chi connectivity index (χ1) is 12.9.